The summed E-state index contributed by atoms with van der Waals surface area (Å²) in [6.45, 7) is 8.32. The Morgan fingerprint density at radius 1 is 1.06 bits per heavy atom. The molecule has 4 heterocycles. The minimum absolute atomic E-state index is 0.183. The summed E-state index contributed by atoms with van der Waals surface area (Å²) in [5, 5.41) is 4.30. The number of pyridine rings is 2. The molecule has 4 aromatic rings. The standard InChI is InChI=1S/C24H25BrN6O2/c1-15-12-20(33-14-16-8-11-30(5)29-16)21(25)22(32)31(15)17-6-9-26-19(13-17)18-7-10-27-23(28-18)24(2,3)4/h6-13H,14H2,1-5H3. The van der Waals surface area contributed by atoms with Crippen molar-refractivity contribution in [1.82, 2.24) is 29.3 Å². The Morgan fingerprint density at radius 2 is 1.82 bits per heavy atom. The van der Waals surface area contributed by atoms with E-state index in [9.17, 15) is 4.79 Å². The van der Waals surface area contributed by atoms with E-state index in [1.165, 1.54) is 0 Å². The predicted octanol–water partition coefficient (Wildman–Crippen LogP) is 4.37. The Labute approximate surface area is 200 Å². The number of rotatable bonds is 5. The third-order valence-electron chi connectivity index (χ3n) is 5.03. The molecular weight excluding hydrogens is 484 g/mol. The van der Waals surface area contributed by atoms with E-state index in [-0.39, 0.29) is 17.6 Å². The van der Waals surface area contributed by atoms with Gasteiger partial charge >= 0.3 is 0 Å². The summed E-state index contributed by atoms with van der Waals surface area (Å²) >= 11 is 3.42. The number of aromatic nitrogens is 6. The van der Waals surface area contributed by atoms with Gasteiger partial charge in [0.05, 0.1) is 22.8 Å². The third-order valence-corrected chi connectivity index (χ3v) is 5.76. The van der Waals surface area contributed by atoms with Crippen LogP contribution in [0.1, 0.15) is 38.0 Å². The van der Waals surface area contributed by atoms with Crippen molar-refractivity contribution in [3.05, 3.63) is 81.0 Å². The average Bonchev–Trinajstić information content (AvgIpc) is 3.20. The number of aryl methyl sites for hydroxylation is 2. The van der Waals surface area contributed by atoms with Crippen LogP contribution in [-0.4, -0.2) is 29.3 Å². The van der Waals surface area contributed by atoms with Crippen LogP contribution in [0.25, 0.3) is 17.1 Å². The van der Waals surface area contributed by atoms with E-state index in [4.69, 9.17) is 4.74 Å². The molecule has 0 spiro atoms. The molecule has 4 aromatic heterocycles. The van der Waals surface area contributed by atoms with Crippen LogP contribution in [0.5, 0.6) is 5.75 Å². The lowest BCUT2D eigenvalue weighted by Gasteiger charge is -2.17. The second kappa shape index (κ2) is 8.90. The highest BCUT2D eigenvalue weighted by atomic mass is 79.9. The fraction of sp³-hybridized carbons (Fsp3) is 0.292. The smallest absolute Gasteiger partial charge is 0.273 e. The molecule has 0 bridgehead atoms. The normalized spacial score (nSPS) is 11.6. The highest BCUT2D eigenvalue weighted by molar-refractivity contribution is 9.10. The van der Waals surface area contributed by atoms with Gasteiger partial charge in [-0.25, -0.2) is 9.97 Å². The van der Waals surface area contributed by atoms with Crippen LogP contribution in [0, 0.1) is 6.92 Å². The lowest BCUT2D eigenvalue weighted by molar-refractivity contribution is 0.296. The van der Waals surface area contributed by atoms with Crippen molar-refractivity contribution in [2.45, 2.75) is 39.7 Å². The maximum absolute atomic E-state index is 13.2. The first-order chi connectivity index (χ1) is 15.6. The molecule has 0 saturated heterocycles. The molecule has 9 heteroatoms. The van der Waals surface area contributed by atoms with Crippen molar-refractivity contribution in [2.24, 2.45) is 7.05 Å². The SMILES string of the molecule is Cc1cc(OCc2ccn(C)n2)c(Br)c(=O)n1-c1ccnc(-c2ccnc(C(C)(C)C)n2)c1. The molecule has 0 aliphatic heterocycles. The van der Waals surface area contributed by atoms with Crippen LogP contribution in [0.4, 0.5) is 0 Å². The molecule has 8 nitrogen and oxygen atoms in total. The van der Waals surface area contributed by atoms with Crippen molar-refractivity contribution >= 4 is 15.9 Å². The van der Waals surface area contributed by atoms with Gasteiger partial charge in [-0.1, -0.05) is 20.8 Å². The van der Waals surface area contributed by atoms with Crippen molar-refractivity contribution in [3.63, 3.8) is 0 Å². The molecule has 0 aromatic carbocycles. The molecule has 0 saturated carbocycles. The van der Waals surface area contributed by atoms with Crippen molar-refractivity contribution < 1.29 is 4.74 Å². The molecule has 33 heavy (non-hydrogen) atoms. The minimum Gasteiger partial charge on any atom is -0.486 e. The monoisotopic (exact) mass is 508 g/mol. The van der Waals surface area contributed by atoms with Crippen LogP contribution >= 0.6 is 15.9 Å². The Balaban J connectivity index is 1.69. The van der Waals surface area contributed by atoms with Crippen LogP contribution in [0.15, 0.2) is 58.2 Å². The van der Waals surface area contributed by atoms with Gasteiger partial charge in [-0.3, -0.25) is 19.0 Å². The molecule has 4 rings (SSSR count). The molecule has 0 aliphatic rings. The van der Waals surface area contributed by atoms with Gasteiger partial charge in [-0.05, 0) is 47.1 Å². The van der Waals surface area contributed by atoms with Gasteiger partial charge < -0.3 is 4.74 Å². The first-order valence-corrected chi connectivity index (χ1v) is 11.3. The zero-order valence-corrected chi connectivity index (χ0v) is 20.8. The van der Waals surface area contributed by atoms with Crippen molar-refractivity contribution in [2.75, 3.05) is 0 Å². The number of hydrogen-bond donors (Lipinski definition) is 0. The van der Waals surface area contributed by atoms with Gasteiger partial charge in [0.2, 0.25) is 0 Å². The summed E-state index contributed by atoms with van der Waals surface area (Å²) in [5.74, 6) is 1.21. The van der Waals surface area contributed by atoms with Gasteiger partial charge in [0, 0.05) is 42.8 Å². The quantitative estimate of drug-likeness (QED) is 0.397. The van der Waals surface area contributed by atoms with Gasteiger partial charge in [0.1, 0.15) is 22.7 Å². The number of ether oxygens (including phenoxy) is 1. The first kappa shape index (κ1) is 22.8. The summed E-state index contributed by atoms with van der Waals surface area (Å²) in [6, 6.07) is 9.17. The summed E-state index contributed by atoms with van der Waals surface area (Å²) in [4.78, 5) is 26.8. The molecule has 0 fully saturated rings. The summed E-state index contributed by atoms with van der Waals surface area (Å²) in [7, 11) is 1.85. The van der Waals surface area contributed by atoms with E-state index in [0.717, 1.165) is 17.2 Å². The lowest BCUT2D eigenvalue weighted by Crippen LogP contribution is -2.22. The number of hydrogen-bond acceptors (Lipinski definition) is 6. The number of nitrogens with zero attached hydrogens (tertiary/aromatic N) is 6. The molecule has 0 N–H and O–H groups in total. The van der Waals surface area contributed by atoms with E-state index in [0.29, 0.717) is 27.3 Å². The topological polar surface area (TPSA) is 87.7 Å². The highest BCUT2D eigenvalue weighted by Crippen LogP contribution is 2.26. The third kappa shape index (κ3) is 4.88. The van der Waals surface area contributed by atoms with Crippen molar-refractivity contribution in [3.8, 4) is 22.8 Å². The van der Waals surface area contributed by atoms with Gasteiger partial charge in [0.25, 0.3) is 5.56 Å². The predicted molar refractivity (Wildman–Crippen MR) is 130 cm³/mol. The van der Waals surface area contributed by atoms with E-state index in [1.54, 1.807) is 27.7 Å². The molecule has 0 amide bonds. The van der Waals surface area contributed by atoms with Crippen LogP contribution in [0.2, 0.25) is 0 Å². The molecule has 0 radical (unpaired) electrons. The zero-order valence-electron chi connectivity index (χ0n) is 19.2. The fourth-order valence-corrected chi connectivity index (χ4v) is 3.77. The molecule has 0 aliphatic carbocycles. The molecular formula is C24H25BrN6O2. The maximum Gasteiger partial charge on any atom is 0.273 e. The van der Waals surface area contributed by atoms with Crippen LogP contribution < -0.4 is 10.3 Å². The second-order valence-corrected chi connectivity index (χ2v) is 9.58. The number of halogens is 1. The molecule has 0 unspecified atom stereocenters. The van der Waals surface area contributed by atoms with Gasteiger partial charge in [0.15, 0.2) is 0 Å². The second-order valence-electron chi connectivity index (χ2n) is 8.79. The Kier molecular flexibility index (Phi) is 6.16. The van der Waals surface area contributed by atoms with Crippen LogP contribution in [-0.2, 0) is 19.1 Å². The summed E-state index contributed by atoms with van der Waals surface area (Å²) in [5.41, 5.74) is 3.17. The van der Waals surface area contributed by atoms with Crippen LogP contribution in [0.3, 0.4) is 0 Å². The maximum atomic E-state index is 13.2. The summed E-state index contributed by atoms with van der Waals surface area (Å²) < 4.78 is 9.54. The minimum atomic E-state index is -0.221. The first-order valence-electron chi connectivity index (χ1n) is 10.5. The van der Waals surface area contributed by atoms with Gasteiger partial charge in [-0.2, -0.15) is 5.10 Å². The van der Waals surface area contributed by atoms with Crippen molar-refractivity contribution in [1.29, 1.82) is 0 Å². The molecule has 0 atom stereocenters. The van der Waals surface area contributed by atoms with Gasteiger partial charge in [-0.15, -0.1) is 0 Å². The fourth-order valence-electron chi connectivity index (χ4n) is 3.36. The lowest BCUT2D eigenvalue weighted by atomic mass is 9.95. The van der Waals surface area contributed by atoms with E-state index in [1.807, 2.05) is 44.4 Å². The van der Waals surface area contributed by atoms with E-state index >= 15 is 0 Å². The average molecular weight is 509 g/mol. The Bertz CT molecular complexity index is 1370. The summed E-state index contributed by atoms with van der Waals surface area (Å²) in [6.07, 6.45) is 5.26. The Hall–Kier alpha value is -3.33. The molecule has 170 valence electrons. The van der Waals surface area contributed by atoms with E-state index in [2.05, 4.69) is 56.8 Å². The zero-order chi connectivity index (χ0) is 23.8. The van der Waals surface area contributed by atoms with E-state index < -0.39 is 0 Å². The Morgan fingerprint density at radius 3 is 2.52 bits per heavy atom. The highest BCUT2D eigenvalue weighted by Gasteiger charge is 2.19. The largest absolute Gasteiger partial charge is 0.486 e.